The summed E-state index contributed by atoms with van der Waals surface area (Å²) in [5.41, 5.74) is 1.05. The normalized spacial score (nSPS) is 17.1. The molecular weight excluding hydrogens is 307 g/mol. The molecule has 1 aliphatic rings. The van der Waals surface area contributed by atoms with E-state index < -0.39 is 0 Å². The first-order chi connectivity index (χ1) is 11.7. The van der Waals surface area contributed by atoms with Crippen molar-refractivity contribution in [2.45, 2.75) is 13.0 Å². The van der Waals surface area contributed by atoms with Crippen molar-refractivity contribution in [3.63, 3.8) is 0 Å². The highest BCUT2D eigenvalue weighted by Gasteiger charge is 2.22. The predicted octanol–water partition coefficient (Wildman–Crippen LogP) is 1.39. The van der Waals surface area contributed by atoms with E-state index in [0.29, 0.717) is 32.3 Å². The summed E-state index contributed by atoms with van der Waals surface area (Å²) in [5, 5.41) is 6.27. The summed E-state index contributed by atoms with van der Waals surface area (Å²) in [6.45, 7) is 6.84. The average molecular weight is 332 g/mol. The molecule has 0 saturated carbocycles. The summed E-state index contributed by atoms with van der Waals surface area (Å²) >= 11 is 0. The van der Waals surface area contributed by atoms with Gasteiger partial charge in [0.25, 0.3) is 0 Å². The van der Waals surface area contributed by atoms with E-state index in [2.05, 4.69) is 26.4 Å². The number of hydrogen-bond acceptors (Lipinski definition) is 3. The van der Waals surface area contributed by atoms with Crippen LogP contribution < -0.4 is 10.6 Å². The lowest BCUT2D eigenvalue weighted by Crippen LogP contribution is -2.41. The third-order valence-corrected chi connectivity index (χ3v) is 3.87. The Kier molecular flexibility index (Phi) is 7.53. The van der Waals surface area contributed by atoms with Crippen molar-refractivity contribution in [1.29, 1.82) is 0 Å². The molecule has 1 aromatic rings. The Morgan fingerprint density at radius 2 is 2.04 bits per heavy atom. The molecule has 1 heterocycles. The van der Waals surface area contributed by atoms with E-state index in [4.69, 9.17) is 11.2 Å². The quantitative estimate of drug-likeness (QED) is 0.470. The SMILES string of the molecule is C#CCNC(=NCC(c1ccc(F)cc1)N1CCOCC1)NCC. The van der Waals surface area contributed by atoms with E-state index in [-0.39, 0.29) is 11.9 Å². The molecule has 130 valence electrons. The standard InChI is InChI=1S/C18H25FN4O/c1-3-9-21-18(20-4-2)22-14-17(23-10-12-24-13-11-23)15-5-7-16(19)8-6-15/h1,5-8,17H,4,9-14H2,2H3,(H2,20,21,22). The average Bonchev–Trinajstić information content (AvgIpc) is 2.62. The minimum Gasteiger partial charge on any atom is -0.379 e. The maximum Gasteiger partial charge on any atom is 0.192 e. The van der Waals surface area contributed by atoms with Gasteiger partial charge in [0.1, 0.15) is 5.82 Å². The summed E-state index contributed by atoms with van der Waals surface area (Å²) < 4.78 is 18.7. The fourth-order valence-electron chi connectivity index (χ4n) is 2.66. The number of rotatable bonds is 6. The molecule has 0 aromatic heterocycles. The number of hydrogen-bond donors (Lipinski definition) is 2. The van der Waals surface area contributed by atoms with Gasteiger partial charge in [-0.2, -0.15) is 0 Å². The predicted molar refractivity (Wildman–Crippen MR) is 94.3 cm³/mol. The van der Waals surface area contributed by atoms with E-state index >= 15 is 0 Å². The van der Waals surface area contributed by atoms with Crippen molar-refractivity contribution in [2.24, 2.45) is 4.99 Å². The zero-order valence-corrected chi connectivity index (χ0v) is 14.1. The number of nitrogens with zero attached hydrogens (tertiary/aromatic N) is 2. The van der Waals surface area contributed by atoms with Gasteiger partial charge in [-0.25, -0.2) is 4.39 Å². The van der Waals surface area contributed by atoms with Crippen LogP contribution in [0.15, 0.2) is 29.3 Å². The van der Waals surface area contributed by atoms with E-state index in [1.54, 1.807) is 0 Å². The summed E-state index contributed by atoms with van der Waals surface area (Å²) in [6, 6.07) is 6.72. The van der Waals surface area contributed by atoms with Crippen LogP contribution in [0.1, 0.15) is 18.5 Å². The highest BCUT2D eigenvalue weighted by atomic mass is 19.1. The molecular formula is C18H25FN4O. The number of halogens is 1. The van der Waals surface area contributed by atoms with Crippen LogP contribution in [0.3, 0.4) is 0 Å². The van der Waals surface area contributed by atoms with Crippen LogP contribution in [-0.2, 0) is 4.74 Å². The lowest BCUT2D eigenvalue weighted by Gasteiger charge is -2.34. The molecule has 0 spiro atoms. The second-order valence-corrected chi connectivity index (χ2v) is 5.49. The van der Waals surface area contributed by atoms with Gasteiger partial charge in [0, 0.05) is 19.6 Å². The smallest absolute Gasteiger partial charge is 0.192 e. The minimum atomic E-state index is -0.230. The topological polar surface area (TPSA) is 48.9 Å². The molecule has 1 unspecified atom stereocenters. The Balaban J connectivity index is 2.14. The van der Waals surface area contributed by atoms with Gasteiger partial charge >= 0.3 is 0 Å². The Bertz CT molecular complexity index is 561. The Morgan fingerprint density at radius 3 is 2.67 bits per heavy atom. The number of benzene rings is 1. The molecule has 2 N–H and O–H groups in total. The summed E-state index contributed by atoms with van der Waals surface area (Å²) in [6.07, 6.45) is 5.30. The van der Waals surface area contributed by atoms with E-state index in [0.717, 1.165) is 25.2 Å². The largest absolute Gasteiger partial charge is 0.379 e. The second-order valence-electron chi connectivity index (χ2n) is 5.49. The summed E-state index contributed by atoms with van der Waals surface area (Å²) in [5.74, 6) is 3.01. The van der Waals surface area contributed by atoms with Gasteiger partial charge in [0.2, 0.25) is 0 Å². The first-order valence-electron chi connectivity index (χ1n) is 8.27. The van der Waals surface area contributed by atoms with Crippen molar-refractivity contribution in [3.05, 3.63) is 35.6 Å². The molecule has 6 heteroatoms. The van der Waals surface area contributed by atoms with Crippen LogP contribution >= 0.6 is 0 Å². The van der Waals surface area contributed by atoms with Crippen molar-refractivity contribution < 1.29 is 9.13 Å². The van der Waals surface area contributed by atoms with Crippen LogP contribution in [0.4, 0.5) is 4.39 Å². The molecule has 2 rings (SSSR count). The van der Waals surface area contributed by atoms with Gasteiger partial charge in [-0.1, -0.05) is 18.1 Å². The molecule has 0 radical (unpaired) electrons. The molecule has 24 heavy (non-hydrogen) atoms. The van der Waals surface area contributed by atoms with Gasteiger partial charge < -0.3 is 15.4 Å². The Morgan fingerprint density at radius 1 is 1.33 bits per heavy atom. The first kappa shape index (κ1) is 18.2. The van der Waals surface area contributed by atoms with Gasteiger partial charge in [-0.05, 0) is 24.6 Å². The van der Waals surface area contributed by atoms with Crippen LogP contribution in [0, 0.1) is 18.2 Å². The molecule has 1 aromatic carbocycles. The summed E-state index contributed by atoms with van der Waals surface area (Å²) in [7, 11) is 0. The fourth-order valence-corrected chi connectivity index (χ4v) is 2.66. The Labute approximate surface area is 143 Å². The maximum atomic E-state index is 13.2. The second kappa shape index (κ2) is 9.91. The molecule has 5 nitrogen and oxygen atoms in total. The Hall–Kier alpha value is -2.10. The highest BCUT2D eigenvalue weighted by Crippen LogP contribution is 2.22. The zero-order chi connectivity index (χ0) is 17.2. The van der Waals surface area contributed by atoms with E-state index in [1.807, 2.05) is 19.1 Å². The number of nitrogens with one attached hydrogen (secondary N) is 2. The van der Waals surface area contributed by atoms with Crippen LogP contribution in [-0.4, -0.2) is 56.8 Å². The lowest BCUT2D eigenvalue weighted by molar-refractivity contribution is 0.0179. The molecule has 1 aliphatic heterocycles. The lowest BCUT2D eigenvalue weighted by atomic mass is 10.0. The number of guanidine groups is 1. The van der Waals surface area contributed by atoms with Gasteiger partial charge in [0.15, 0.2) is 5.96 Å². The van der Waals surface area contributed by atoms with E-state index in [9.17, 15) is 4.39 Å². The van der Waals surface area contributed by atoms with Crippen molar-refractivity contribution >= 4 is 5.96 Å². The summed E-state index contributed by atoms with van der Waals surface area (Å²) in [4.78, 5) is 6.97. The van der Waals surface area contributed by atoms with Crippen molar-refractivity contribution in [1.82, 2.24) is 15.5 Å². The molecule has 1 fully saturated rings. The van der Waals surface area contributed by atoms with Gasteiger partial charge in [0.05, 0.1) is 32.3 Å². The monoisotopic (exact) mass is 332 g/mol. The number of terminal acetylenes is 1. The van der Waals surface area contributed by atoms with Crippen LogP contribution in [0.25, 0.3) is 0 Å². The van der Waals surface area contributed by atoms with Gasteiger partial charge in [-0.15, -0.1) is 6.42 Å². The van der Waals surface area contributed by atoms with Crippen molar-refractivity contribution in [2.75, 3.05) is 45.9 Å². The molecule has 1 atom stereocenters. The highest BCUT2D eigenvalue weighted by molar-refractivity contribution is 5.80. The first-order valence-corrected chi connectivity index (χ1v) is 8.27. The van der Waals surface area contributed by atoms with Crippen LogP contribution in [0.2, 0.25) is 0 Å². The molecule has 1 saturated heterocycles. The third-order valence-electron chi connectivity index (χ3n) is 3.87. The number of aliphatic imine (C=N–C) groups is 1. The number of ether oxygens (including phenoxy) is 1. The fraction of sp³-hybridized carbons (Fsp3) is 0.500. The van der Waals surface area contributed by atoms with Crippen molar-refractivity contribution in [3.8, 4) is 12.3 Å². The number of morpholine rings is 1. The molecule has 0 bridgehead atoms. The maximum absolute atomic E-state index is 13.2. The molecule has 0 aliphatic carbocycles. The minimum absolute atomic E-state index is 0.0794. The molecule has 0 amide bonds. The zero-order valence-electron chi connectivity index (χ0n) is 14.1. The third kappa shape index (κ3) is 5.52. The van der Waals surface area contributed by atoms with E-state index in [1.165, 1.54) is 12.1 Å². The van der Waals surface area contributed by atoms with Crippen LogP contribution in [0.5, 0.6) is 0 Å². The van der Waals surface area contributed by atoms with Gasteiger partial charge in [-0.3, -0.25) is 9.89 Å².